The maximum absolute atomic E-state index is 9.17. The lowest BCUT2D eigenvalue weighted by atomic mass is 10.2. The zero-order valence-electron chi connectivity index (χ0n) is 9.74. The molecular formula is C12H14ClN3O. The van der Waals surface area contributed by atoms with E-state index in [1.807, 2.05) is 19.9 Å². The number of aliphatic hydroxyl groups is 1. The molecule has 0 aliphatic carbocycles. The van der Waals surface area contributed by atoms with Gasteiger partial charge in [-0.2, -0.15) is 0 Å². The first kappa shape index (κ1) is 12.1. The Morgan fingerprint density at radius 2 is 2.18 bits per heavy atom. The van der Waals surface area contributed by atoms with Crippen molar-refractivity contribution in [1.82, 2.24) is 9.97 Å². The third-order valence-electron chi connectivity index (χ3n) is 2.32. The fraction of sp³-hybridized carbons (Fsp3) is 0.333. The van der Waals surface area contributed by atoms with Gasteiger partial charge in [0, 0.05) is 23.0 Å². The van der Waals surface area contributed by atoms with E-state index in [1.165, 1.54) is 0 Å². The van der Waals surface area contributed by atoms with Crippen LogP contribution in [0.5, 0.6) is 0 Å². The third kappa shape index (κ3) is 2.65. The zero-order chi connectivity index (χ0) is 12.4. The molecule has 2 N–H and O–H groups in total. The molecule has 2 rings (SSSR count). The van der Waals surface area contributed by atoms with E-state index in [0.717, 1.165) is 16.6 Å². The van der Waals surface area contributed by atoms with Crippen molar-refractivity contribution in [3.05, 3.63) is 29.2 Å². The summed E-state index contributed by atoms with van der Waals surface area (Å²) in [5.74, 6) is 0.728. The molecular weight excluding hydrogens is 238 g/mol. The predicted molar refractivity (Wildman–Crippen MR) is 69.2 cm³/mol. The number of halogens is 1. The first-order chi connectivity index (χ1) is 8.10. The van der Waals surface area contributed by atoms with E-state index in [1.54, 1.807) is 12.3 Å². The number of fused-ring (bicyclic) bond motifs is 1. The molecule has 0 amide bonds. The topological polar surface area (TPSA) is 58.0 Å². The highest BCUT2D eigenvalue weighted by Crippen LogP contribution is 2.25. The summed E-state index contributed by atoms with van der Waals surface area (Å²) in [5.41, 5.74) is 0.616. The molecule has 4 nitrogen and oxygen atoms in total. The lowest BCUT2D eigenvalue weighted by Crippen LogP contribution is -2.12. The summed E-state index contributed by atoms with van der Waals surface area (Å²) in [7, 11) is 0. The van der Waals surface area contributed by atoms with Gasteiger partial charge >= 0.3 is 0 Å². The average Bonchev–Trinajstić information content (AvgIpc) is 2.28. The number of hydrogen-bond donors (Lipinski definition) is 2. The second kappa shape index (κ2) is 4.85. The van der Waals surface area contributed by atoms with E-state index in [4.69, 9.17) is 11.6 Å². The van der Waals surface area contributed by atoms with Gasteiger partial charge in [-0.25, -0.2) is 9.97 Å². The van der Waals surface area contributed by atoms with Gasteiger partial charge in [-0.15, -0.1) is 0 Å². The maximum atomic E-state index is 9.17. The van der Waals surface area contributed by atoms with E-state index in [2.05, 4.69) is 15.3 Å². The van der Waals surface area contributed by atoms with Gasteiger partial charge in [-0.05, 0) is 26.0 Å². The van der Waals surface area contributed by atoms with Gasteiger partial charge in [0.25, 0.3) is 0 Å². The molecule has 0 atom stereocenters. The smallest absolute Gasteiger partial charge is 0.134 e. The summed E-state index contributed by atoms with van der Waals surface area (Å²) in [5, 5.41) is 14.7. The van der Waals surface area contributed by atoms with E-state index in [0.29, 0.717) is 10.8 Å². The van der Waals surface area contributed by atoms with Crippen molar-refractivity contribution >= 4 is 28.2 Å². The molecule has 0 bridgehead atoms. The minimum absolute atomic E-state index is 0.0919. The van der Waals surface area contributed by atoms with Crippen LogP contribution in [-0.2, 0) is 6.61 Å². The molecule has 0 spiro atoms. The van der Waals surface area contributed by atoms with Crippen molar-refractivity contribution in [3.63, 3.8) is 0 Å². The van der Waals surface area contributed by atoms with Crippen molar-refractivity contribution in [3.8, 4) is 0 Å². The van der Waals surface area contributed by atoms with Crippen LogP contribution < -0.4 is 5.32 Å². The number of nitrogens with one attached hydrogen (secondary N) is 1. The minimum atomic E-state index is -0.0919. The van der Waals surface area contributed by atoms with E-state index in [-0.39, 0.29) is 12.6 Å². The molecule has 0 fully saturated rings. The van der Waals surface area contributed by atoms with E-state index < -0.39 is 0 Å². The Morgan fingerprint density at radius 1 is 1.41 bits per heavy atom. The highest BCUT2D eigenvalue weighted by Gasteiger charge is 2.08. The quantitative estimate of drug-likeness (QED) is 0.824. The van der Waals surface area contributed by atoms with E-state index >= 15 is 0 Å². The molecule has 2 aromatic heterocycles. The minimum Gasteiger partial charge on any atom is -0.390 e. The van der Waals surface area contributed by atoms with Crippen molar-refractivity contribution in [1.29, 1.82) is 0 Å². The second-order valence-corrected chi connectivity index (χ2v) is 4.53. The summed E-state index contributed by atoms with van der Waals surface area (Å²) >= 11 is 5.88. The first-order valence-corrected chi connectivity index (χ1v) is 5.80. The molecule has 0 unspecified atom stereocenters. The van der Waals surface area contributed by atoms with Crippen LogP contribution in [0.1, 0.15) is 19.5 Å². The van der Waals surface area contributed by atoms with Gasteiger partial charge in [0.05, 0.1) is 12.3 Å². The molecule has 0 saturated heterocycles. The largest absolute Gasteiger partial charge is 0.390 e. The molecule has 17 heavy (non-hydrogen) atoms. The van der Waals surface area contributed by atoms with Crippen LogP contribution in [-0.4, -0.2) is 21.1 Å². The highest BCUT2D eigenvalue weighted by molar-refractivity contribution is 6.30. The summed E-state index contributed by atoms with van der Waals surface area (Å²) in [6.45, 7) is 3.97. The van der Waals surface area contributed by atoms with Crippen LogP contribution >= 0.6 is 11.6 Å². The lowest BCUT2D eigenvalue weighted by Gasteiger charge is -2.13. The van der Waals surface area contributed by atoms with Gasteiger partial charge in [-0.3, -0.25) is 0 Å². The van der Waals surface area contributed by atoms with Crippen LogP contribution in [0.25, 0.3) is 10.8 Å². The zero-order valence-corrected chi connectivity index (χ0v) is 10.5. The van der Waals surface area contributed by atoms with Gasteiger partial charge in [0.15, 0.2) is 0 Å². The first-order valence-electron chi connectivity index (χ1n) is 5.42. The molecule has 90 valence electrons. The van der Waals surface area contributed by atoms with Gasteiger partial charge in [0.2, 0.25) is 0 Å². The number of nitrogens with zero attached hydrogens (tertiary/aromatic N) is 2. The molecule has 2 aromatic rings. The maximum Gasteiger partial charge on any atom is 0.134 e. The number of aromatic nitrogens is 2. The Bertz CT molecular complexity index is 543. The van der Waals surface area contributed by atoms with Crippen LogP contribution in [0.3, 0.4) is 0 Å². The van der Waals surface area contributed by atoms with Crippen molar-refractivity contribution in [2.75, 3.05) is 5.32 Å². The van der Waals surface area contributed by atoms with E-state index in [9.17, 15) is 5.11 Å². The summed E-state index contributed by atoms with van der Waals surface area (Å²) in [6, 6.07) is 3.84. The Morgan fingerprint density at radius 3 is 2.82 bits per heavy atom. The number of aliphatic hydroxyl groups excluding tert-OH is 1. The molecule has 5 heteroatoms. The Labute approximate surface area is 105 Å². The number of pyridine rings is 2. The predicted octanol–water partition coefficient (Wildman–Crippen LogP) is 2.60. The van der Waals surface area contributed by atoms with Crippen molar-refractivity contribution in [2.24, 2.45) is 0 Å². The molecule has 0 aliphatic heterocycles. The molecule has 0 saturated carbocycles. The SMILES string of the molecule is CC(C)Nc1nc(CO)cc2cnc(Cl)cc12. The lowest BCUT2D eigenvalue weighted by molar-refractivity contribution is 0.277. The number of hydrogen-bond acceptors (Lipinski definition) is 4. The summed E-state index contributed by atoms with van der Waals surface area (Å²) < 4.78 is 0. The standard InChI is InChI=1S/C12H14ClN3O/c1-7(2)15-12-10-4-11(13)14-5-8(10)3-9(6-17)16-12/h3-5,7,17H,6H2,1-2H3,(H,15,16). The van der Waals surface area contributed by atoms with Gasteiger partial charge < -0.3 is 10.4 Å². The monoisotopic (exact) mass is 251 g/mol. The van der Waals surface area contributed by atoms with Crippen LogP contribution in [0.15, 0.2) is 18.3 Å². The molecule has 0 aliphatic rings. The molecule has 0 radical (unpaired) electrons. The molecule has 0 aromatic carbocycles. The van der Waals surface area contributed by atoms with Crippen molar-refractivity contribution < 1.29 is 5.11 Å². The second-order valence-electron chi connectivity index (χ2n) is 4.15. The number of anilines is 1. The van der Waals surface area contributed by atoms with Crippen LogP contribution in [0.2, 0.25) is 5.15 Å². The average molecular weight is 252 g/mol. The number of rotatable bonds is 3. The Balaban J connectivity index is 2.63. The highest BCUT2D eigenvalue weighted by atomic mass is 35.5. The van der Waals surface area contributed by atoms with Gasteiger partial charge in [0.1, 0.15) is 11.0 Å². The van der Waals surface area contributed by atoms with Crippen LogP contribution in [0, 0.1) is 0 Å². The summed E-state index contributed by atoms with van der Waals surface area (Å²) in [4.78, 5) is 8.38. The fourth-order valence-electron chi connectivity index (χ4n) is 1.64. The Hall–Kier alpha value is -1.39. The molecule has 2 heterocycles. The third-order valence-corrected chi connectivity index (χ3v) is 2.53. The van der Waals surface area contributed by atoms with Gasteiger partial charge in [-0.1, -0.05) is 11.6 Å². The normalized spacial score (nSPS) is 11.1. The van der Waals surface area contributed by atoms with Crippen LogP contribution in [0.4, 0.5) is 5.82 Å². The summed E-state index contributed by atoms with van der Waals surface area (Å²) in [6.07, 6.45) is 1.68. The van der Waals surface area contributed by atoms with Crippen molar-refractivity contribution in [2.45, 2.75) is 26.5 Å². The fourth-order valence-corrected chi connectivity index (χ4v) is 1.80. The Kier molecular flexibility index (Phi) is 3.45.